The molecule has 2 fully saturated rings. The number of carbonyl (C=O) groups is 2. The van der Waals surface area contributed by atoms with E-state index in [9.17, 15) is 9.59 Å². The van der Waals surface area contributed by atoms with Crippen LogP contribution in [0.5, 0.6) is 0 Å². The van der Waals surface area contributed by atoms with E-state index in [1.54, 1.807) is 6.20 Å². The summed E-state index contributed by atoms with van der Waals surface area (Å²) in [6.07, 6.45) is 10.2. The summed E-state index contributed by atoms with van der Waals surface area (Å²) >= 11 is 0. The van der Waals surface area contributed by atoms with Gasteiger partial charge in [-0.2, -0.15) is 0 Å². The number of anilines is 1. The van der Waals surface area contributed by atoms with Gasteiger partial charge in [-0.3, -0.25) is 19.5 Å². The van der Waals surface area contributed by atoms with E-state index in [0.29, 0.717) is 12.0 Å². The zero-order valence-corrected chi connectivity index (χ0v) is 23.1. The first-order valence-electron chi connectivity index (χ1n) is 14.4. The van der Waals surface area contributed by atoms with Gasteiger partial charge in [0, 0.05) is 30.0 Å². The molecule has 1 unspecified atom stereocenters. The maximum atomic E-state index is 13.5. The minimum Gasteiger partial charge on any atom is -0.369 e. The summed E-state index contributed by atoms with van der Waals surface area (Å²) in [5, 5.41) is 6.70. The van der Waals surface area contributed by atoms with E-state index in [1.807, 2.05) is 54.6 Å². The van der Waals surface area contributed by atoms with E-state index < -0.39 is 5.91 Å². The zero-order chi connectivity index (χ0) is 28.2. The van der Waals surface area contributed by atoms with Crippen LogP contribution in [0.25, 0.3) is 11.3 Å². The molecule has 0 radical (unpaired) electrons. The first-order chi connectivity index (χ1) is 20.0. The standard InChI is InChI=1S/C34H35N5O2/c35-30(40)21-25-10-7-17-36-32(25)26-13-16-29-28(20-26)31(34(41)38-29)33(24-8-3-1-4-9-24)37-27-14-11-23(12-15-27)22-39-18-5-2-6-19-39/h1,3-4,7-17,28,37H,2,5-6,18-22H2,(H2,35,40)(H,38,41). The van der Waals surface area contributed by atoms with Crippen molar-refractivity contribution >= 4 is 28.8 Å². The monoisotopic (exact) mass is 545 g/mol. The summed E-state index contributed by atoms with van der Waals surface area (Å²) in [5.74, 6) is -0.683. The van der Waals surface area contributed by atoms with E-state index in [0.717, 1.165) is 59.1 Å². The molecule has 1 atom stereocenters. The molecule has 0 bridgehead atoms. The number of nitrogens with one attached hydrogen (secondary N) is 2. The van der Waals surface area contributed by atoms with Crippen LogP contribution in [0.1, 0.15) is 48.1 Å². The van der Waals surface area contributed by atoms with Crippen LogP contribution >= 0.6 is 0 Å². The first kappa shape index (κ1) is 26.7. The highest BCUT2D eigenvalue weighted by Gasteiger charge is 2.38. The third kappa shape index (κ3) is 6.00. The largest absolute Gasteiger partial charge is 0.369 e. The number of carbonyl (C=O) groups excluding carboxylic acids is 2. The Balaban J connectivity index is 1.32. The number of primary amides is 1. The Morgan fingerprint density at radius 3 is 2.51 bits per heavy atom. The van der Waals surface area contributed by atoms with Crippen molar-refractivity contribution in [3.05, 3.63) is 119 Å². The minimum atomic E-state index is -0.400. The maximum Gasteiger partial charge on any atom is 0.254 e. The van der Waals surface area contributed by atoms with Crippen molar-refractivity contribution in [2.45, 2.75) is 38.6 Å². The molecule has 1 aromatic heterocycles. The molecule has 2 saturated heterocycles. The molecule has 1 aliphatic carbocycles. The molecule has 41 heavy (non-hydrogen) atoms. The zero-order valence-electron chi connectivity index (χ0n) is 23.1. The van der Waals surface area contributed by atoms with Crippen LogP contribution < -0.4 is 16.4 Å². The van der Waals surface area contributed by atoms with Crippen LogP contribution in [0.15, 0.2) is 96.3 Å². The van der Waals surface area contributed by atoms with Crippen molar-refractivity contribution in [1.82, 2.24) is 15.2 Å². The number of pyridine rings is 1. The van der Waals surface area contributed by atoms with Gasteiger partial charge < -0.3 is 16.4 Å². The molecule has 3 aromatic rings. The second kappa shape index (κ2) is 11.9. The van der Waals surface area contributed by atoms with Crippen LogP contribution in [0.3, 0.4) is 0 Å². The molecule has 3 heterocycles. The summed E-state index contributed by atoms with van der Waals surface area (Å²) in [6, 6.07) is 22.2. The van der Waals surface area contributed by atoms with E-state index >= 15 is 0 Å². The average molecular weight is 546 g/mol. The number of allylic oxidation sites excluding steroid dienone is 4. The summed E-state index contributed by atoms with van der Waals surface area (Å²) in [7, 11) is 0. The smallest absolute Gasteiger partial charge is 0.254 e. The number of nitrogens with two attached hydrogens (primary N) is 1. The number of rotatable bonds is 8. The van der Waals surface area contributed by atoms with E-state index in [-0.39, 0.29) is 18.2 Å². The molecule has 3 aliphatic rings. The molecule has 7 heteroatoms. The third-order valence-electron chi connectivity index (χ3n) is 8.08. The number of amides is 2. The van der Waals surface area contributed by atoms with Gasteiger partial charge in [0.25, 0.3) is 5.91 Å². The van der Waals surface area contributed by atoms with Crippen molar-refractivity contribution in [3.8, 4) is 0 Å². The fourth-order valence-corrected chi connectivity index (χ4v) is 6.08. The van der Waals surface area contributed by atoms with Gasteiger partial charge in [0.1, 0.15) is 0 Å². The number of piperidine rings is 1. The highest BCUT2D eigenvalue weighted by molar-refractivity contribution is 6.08. The Hall–Kier alpha value is -4.49. The van der Waals surface area contributed by atoms with Crippen LogP contribution in [-0.2, 0) is 22.6 Å². The van der Waals surface area contributed by atoms with Crippen molar-refractivity contribution in [1.29, 1.82) is 0 Å². The number of nitrogens with zero attached hydrogens (tertiary/aromatic N) is 2. The van der Waals surface area contributed by atoms with E-state index in [4.69, 9.17) is 5.73 Å². The molecule has 7 nitrogen and oxygen atoms in total. The molecule has 4 N–H and O–H groups in total. The van der Waals surface area contributed by atoms with Crippen molar-refractivity contribution < 1.29 is 9.59 Å². The van der Waals surface area contributed by atoms with Crippen molar-refractivity contribution in [2.24, 2.45) is 11.7 Å². The topological polar surface area (TPSA) is 100 Å². The van der Waals surface area contributed by atoms with Gasteiger partial charge in [-0.15, -0.1) is 0 Å². The fraction of sp³-hybridized carbons (Fsp3) is 0.265. The van der Waals surface area contributed by atoms with Gasteiger partial charge in [0.15, 0.2) is 0 Å². The lowest BCUT2D eigenvalue weighted by molar-refractivity contribution is -0.117. The van der Waals surface area contributed by atoms with Crippen LogP contribution in [0.2, 0.25) is 0 Å². The number of fused-ring (bicyclic) bond motifs is 1. The van der Waals surface area contributed by atoms with Crippen LogP contribution in [-0.4, -0.2) is 34.8 Å². The summed E-state index contributed by atoms with van der Waals surface area (Å²) in [6.45, 7) is 3.29. The number of likely N-dealkylation sites (tertiary alicyclic amines) is 1. The molecule has 2 aromatic carbocycles. The van der Waals surface area contributed by atoms with Gasteiger partial charge in [0.05, 0.1) is 23.4 Å². The lowest BCUT2D eigenvalue weighted by Gasteiger charge is -2.26. The van der Waals surface area contributed by atoms with Gasteiger partial charge in [-0.25, -0.2) is 0 Å². The summed E-state index contributed by atoms with van der Waals surface area (Å²) in [4.78, 5) is 32.3. The Labute approximate surface area is 240 Å². The van der Waals surface area contributed by atoms with Crippen molar-refractivity contribution in [3.63, 3.8) is 0 Å². The molecular weight excluding hydrogens is 510 g/mol. The van der Waals surface area contributed by atoms with Gasteiger partial charge in [0.2, 0.25) is 5.91 Å². The van der Waals surface area contributed by atoms with Crippen LogP contribution in [0.4, 0.5) is 5.69 Å². The Morgan fingerprint density at radius 2 is 1.76 bits per heavy atom. The Kier molecular flexibility index (Phi) is 7.78. The highest BCUT2D eigenvalue weighted by atomic mass is 16.2. The number of benzene rings is 2. The molecule has 208 valence electrons. The predicted molar refractivity (Wildman–Crippen MR) is 162 cm³/mol. The lowest BCUT2D eigenvalue weighted by atomic mass is 9.83. The Morgan fingerprint density at radius 1 is 0.976 bits per heavy atom. The SMILES string of the molecule is NC(=O)Cc1cccnc1C1=CC=C2NC(=O)C(=C(Nc3ccc(CN4CCCCC4)cc3)c3ccccc3)C2C1. The molecule has 0 spiro atoms. The lowest BCUT2D eigenvalue weighted by Crippen LogP contribution is -2.29. The minimum absolute atomic E-state index is 0.109. The highest BCUT2D eigenvalue weighted by Crippen LogP contribution is 2.42. The van der Waals surface area contributed by atoms with Gasteiger partial charge in [-0.05, 0) is 78.9 Å². The summed E-state index contributed by atoms with van der Waals surface area (Å²) < 4.78 is 0. The van der Waals surface area contributed by atoms with Crippen molar-refractivity contribution in [2.75, 3.05) is 18.4 Å². The maximum absolute atomic E-state index is 13.5. The predicted octanol–water partition coefficient (Wildman–Crippen LogP) is 5.04. The molecule has 6 rings (SSSR count). The Bertz CT molecular complexity index is 1530. The van der Waals surface area contributed by atoms with Gasteiger partial charge in [-0.1, -0.05) is 61.0 Å². The third-order valence-corrected chi connectivity index (χ3v) is 8.08. The average Bonchev–Trinajstić information content (AvgIpc) is 3.32. The van der Waals surface area contributed by atoms with Crippen LogP contribution in [0, 0.1) is 5.92 Å². The number of hydrogen-bond acceptors (Lipinski definition) is 5. The first-order valence-corrected chi connectivity index (χ1v) is 14.4. The number of hydrogen-bond donors (Lipinski definition) is 3. The van der Waals surface area contributed by atoms with Gasteiger partial charge >= 0.3 is 0 Å². The van der Waals surface area contributed by atoms with E-state index in [1.165, 1.54) is 24.8 Å². The van der Waals surface area contributed by atoms with E-state index in [2.05, 4.69) is 44.8 Å². The second-order valence-corrected chi connectivity index (χ2v) is 11.0. The normalized spacial score (nSPS) is 20.0. The molecule has 2 amide bonds. The second-order valence-electron chi connectivity index (χ2n) is 11.0. The fourth-order valence-electron chi connectivity index (χ4n) is 6.08. The number of aromatic nitrogens is 1. The summed E-state index contributed by atoms with van der Waals surface area (Å²) in [5.41, 5.74) is 13.5. The molecular formula is C34H35N5O2. The quantitative estimate of drug-likeness (QED) is 0.345. The molecule has 0 saturated carbocycles. The molecule has 2 aliphatic heterocycles.